The molecule has 0 bridgehead atoms. The average Bonchev–Trinajstić information content (AvgIpc) is 3.93. The molecule has 266 valence electrons. The molecule has 0 aliphatic carbocycles. The molecule has 4 heterocycles. The number of para-hydroxylation sites is 4. The fourth-order valence-corrected chi connectivity index (χ4v) is 8.65. The van der Waals surface area contributed by atoms with Gasteiger partial charge in [-0.25, -0.2) is 4.98 Å². The summed E-state index contributed by atoms with van der Waals surface area (Å²) in [6.07, 6.45) is 0. The number of hydrogen-bond donors (Lipinski definition) is 0. The van der Waals surface area contributed by atoms with Crippen molar-refractivity contribution in [1.82, 2.24) is 24.1 Å². The van der Waals surface area contributed by atoms with E-state index >= 15 is 0 Å². The number of rotatable bonds is 5. The third-order valence-electron chi connectivity index (χ3n) is 11.2. The van der Waals surface area contributed by atoms with E-state index in [1.54, 1.807) is 0 Å². The summed E-state index contributed by atoms with van der Waals surface area (Å²) in [5, 5.41) is 6.56. The van der Waals surface area contributed by atoms with Crippen molar-refractivity contribution < 1.29 is 4.42 Å². The van der Waals surface area contributed by atoms with Crippen LogP contribution in [0.25, 0.3) is 111 Å². The van der Waals surface area contributed by atoms with Gasteiger partial charge in [0.1, 0.15) is 11.2 Å². The van der Waals surface area contributed by atoms with Gasteiger partial charge in [0.05, 0.1) is 22.1 Å². The second-order valence-electron chi connectivity index (χ2n) is 14.4. The number of furan rings is 1. The molecule has 0 atom stereocenters. The molecule has 0 N–H and O–H groups in total. The van der Waals surface area contributed by atoms with Crippen molar-refractivity contribution in [3.8, 4) is 45.5 Å². The normalized spacial score (nSPS) is 11.9. The Morgan fingerprint density at radius 3 is 1.67 bits per heavy atom. The SMILES string of the molecule is c1ccc(-c2cccc(-c3nc(-c4cccc5oc6cc7c8ccccc8n(-c8ccccc8)c7cc6c45)nc(-n4c5ccccc5c5ccccc54)n3)c2)cc1. The number of fused-ring (bicyclic) bond motifs is 9. The van der Waals surface area contributed by atoms with Gasteiger partial charge >= 0.3 is 0 Å². The van der Waals surface area contributed by atoms with Crippen LogP contribution >= 0.6 is 0 Å². The molecule has 0 saturated heterocycles. The predicted octanol–water partition coefficient (Wildman–Crippen LogP) is 13.0. The van der Waals surface area contributed by atoms with E-state index in [4.69, 9.17) is 19.4 Å². The van der Waals surface area contributed by atoms with Gasteiger partial charge in [-0.15, -0.1) is 0 Å². The monoisotopic (exact) mass is 729 g/mol. The molecule has 0 saturated carbocycles. The molecule has 57 heavy (non-hydrogen) atoms. The summed E-state index contributed by atoms with van der Waals surface area (Å²) in [5.74, 6) is 1.71. The first-order valence-electron chi connectivity index (χ1n) is 19.1. The van der Waals surface area contributed by atoms with Crippen molar-refractivity contribution in [2.45, 2.75) is 0 Å². The maximum atomic E-state index is 6.70. The topological polar surface area (TPSA) is 61.7 Å². The van der Waals surface area contributed by atoms with E-state index in [2.05, 4.69) is 179 Å². The summed E-state index contributed by atoms with van der Waals surface area (Å²) in [6.45, 7) is 0. The summed E-state index contributed by atoms with van der Waals surface area (Å²) in [7, 11) is 0. The molecule has 0 aliphatic rings. The van der Waals surface area contributed by atoms with Gasteiger partial charge in [-0.05, 0) is 65.7 Å². The first-order valence-corrected chi connectivity index (χ1v) is 19.1. The molecule has 12 aromatic rings. The van der Waals surface area contributed by atoms with Gasteiger partial charge in [0.25, 0.3) is 0 Å². The van der Waals surface area contributed by atoms with Crippen molar-refractivity contribution in [3.63, 3.8) is 0 Å². The summed E-state index contributed by atoms with van der Waals surface area (Å²) >= 11 is 0. The Hall–Kier alpha value is -7.83. The Balaban J connectivity index is 1.15. The standard InChI is InChI=1S/C51H31N5O/c1-3-15-32(16-4-1)33-17-13-18-34(29-33)49-52-50(54-51(53-49)56-43-26-11-7-21-36(43)37-22-8-12-27-44(37)56)39-24-14-28-46-48(39)41-30-45-40(31-47(41)57-46)38-23-9-10-25-42(38)55(45)35-19-5-2-6-20-35/h1-31H. The molecule has 0 unspecified atom stereocenters. The molecule has 6 heteroatoms. The summed E-state index contributed by atoms with van der Waals surface area (Å²) in [5.41, 5.74) is 11.0. The molecule has 4 aromatic heterocycles. The van der Waals surface area contributed by atoms with E-state index in [0.29, 0.717) is 17.6 Å². The van der Waals surface area contributed by atoms with Gasteiger partial charge in [0.2, 0.25) is 5.95 Å². The molecule has 0 radical (unpaired) electrons. The molecule has 8 aromatic carbocycles. The highest BCUT2D eigenvalue weighted by atomic mass is 16.3. The Morgan fingerprint density at radius 2 is 0.930 bits per heavy atom. The molecule has 0 fully saturated rings. The van der Waals surface area contributed by atoms with Crippen molar-refractivity contribution >= 4 is 65.6 Å². The van der Waals surface area contributed by atoms with Gasteiger partial charge in [0.15, 0.2) is 11.6 Å². The van der Waals surface area contributed by atoms with Crippen LogP contribution < -0.4 is 0 Å². The van der Waals surface area contributed by atoms with E-state index in [1.807, 2.05) is 18.2 Å². The first kappa shape index (κ1) is 31.5. The predicted molar refractivity (Wildman–Crippen MR) is 232 cm³/mol. The van der Waals surface area contributed by atoms with Crippen molar-refractivity contribution in [2.75, 3.05) is 0 Å². The van der Waals surface area contributed by atoms with Crippen LogP contribution in [-0.4, -0.2) is 24.1 Å². The highest BCUT2D eigenvalue weighted by Crippen LogP contribution is 2.42. The van der Waals surface area contributed by atoms with Crippen molar-refractivity contribution in [2.24, 2.45) is 0 Å². The van der Waals surface area contributed by atoms with E-state index in [1.165, 1.54) is 5.39 Å². The summed E-state index contributed by atoms with van der Waals surface area (Å²) < 4.78 is 11.2. The van der Waals surface area contributed by atoms with Crippen LogP contribution in [0.5, 0.6) is 0 Å². The molecule has 0 amide bonds. The van der Waals surface area contributed by atoms with Gasteiger partial charge in [-0.3, -0.25) is 4.57 Å². The number of nitrogens with zero attached hydrogens (tertiary/aromatic N) is 5. The number of hydrogen-bond acceptors (Lipinski definition) is 4. The lowest BCUT2D eigenvalue weighted by Gasteiger charge is -2.12. The fourth-order valence-electron chi connectivity index (χ4n) is 8.65. The van der Waals surface area contributed by atoms with Crippen molar-refractivity contribution in [3.05, 3.63) is 188 Å². The quantitative estimate of drug-likeness (QED) is 0.177. The zero-order valence-electron chi connectivity index (χ0n) is 30.5. The van der Waals surface area contributed by atoms with Gasteiger partial charge in [-0.1, -0.05) is 133 Å². The minimum Gasteiger partial charge on any atom is -0.456 e. The Kier molecular flexibility index (Phi) is 6.83. The van der Waals surface area contributed by atoms with Crippen molar-refractivity contribution in [1.29, 1.82) is 0 Å². The maximum absolute atomic E-state index is 6.70. The lowest BCUT2D eigenvalue weighted by atomic mass is 10.0. The molecular weight excluding hydrogens is 699 g/mol. The van der Waals surface area contributed by atoms with Crippen LogP contribution in [0.1, 0.15) is 0 Å². The molecule has 0 spiro atoms. The van der Waals surface area contributed by atoms with E-state index in [-0.39, 0.29) is 0 Å². The smallest absolute Gasteiger partial charge is 0.238 e. The van der Waals surface area contributed by atoms with Gasteiger partial charge in [-0.2, -0.15) is 9.97 Å². The third kappa shape index (κ3) is 4.87. The highest BCUT2D eigenvalue weighted by molar-refractivity contribution is 6.19. The summed E-state index contributed by atoms with van der Waals surface area (Å²) in [6, 6.07) is 65.5. The Morgan fingerprint density at radius 1 is 0.351 bits per heavy atom. The van der Waals surface area contributed by atoms with Crippen LogP contribution in [0, 0.1) is 0 Å². The highest BCUT2D eigenvalue weighted by Gasteiger charge is 2.22. The first-order chi connectivity index (χ1) is 28.3. The van der Waals surface area contributed by atoms with E-state index in [0.717, 1.165) is 88.1 Å². The molecule has 6 nitrogen and oxygen atoms in total. The summed E-state index contributed by atoms with van der Waals surface area (Å²) in [4.78, 5) is 15.9. The zero-order valence-corrected chi connectivity index (χ0v) is 30.5. The number of benzene rings is 8. The van der Waals surface area contributed by atoms with Gasteiger partial charge < -0.3 is 8.98 Å². The zero-order chi connectivity index (χ0) is 37.5. The van der Waals surface area contributed by atoms with E-state index in [9.17, 15) is 0 Å². The van der Waals surface area contributed by atoms with Gasteiger partial charge in [0, 0.05) is 49.1 Å². The average molecular weight is 730 g/mol. The molecule has 0 aliphatic heterocycles. The van der Waals surface area contributed by atoms with Crippen LogP contribution in [0.4, 0.5) is 0 Å². The van der Waals surface area contributed by atoms with Crippen LogP contribution in [0.3, 0.4) is 0 Å². The second kappa shape index (κ2) is 12.3. The third-order valence-corrected chi connectivity index (χ3v) is 11.2. The minimum atomic E-state index is 0.550. The Labute approximate surface area is 326 Å². The minimum absolute atomic E-state index is 0.550. The lowest BCUT2D eigenvalue weighted by molar-refractivity contribution is 0.669. The fraction of sp³-hybridized carbons (Fsp3) is 0. The Bertz CT molecular complexity index is 3470. The largest absolute Gasteiger partial charge is 0.456 e. The number of aromatic nitrogens is 5. The maximum Gasteiger partial charge on any atom is 0.238 e. The molecule has 12 rings (SSSR count). The molecular formula is C51H31N5O. The second-order valence-corrected chi connectivity index (χ2v) is 14.4. The van der Waals surface area contributed by atoms with E-state index < -0.39 is 0 Å². The lowest BCUT2D eigenvalue weighted by Crippen LogP contribution is -2.06. The van der Waals surface area contributed by atoms with Crippen LogP contribution in [0.2, 0.25) is 0 Å². The van der Waals surface area contributed by atoms with Crippen LogP contribution in [0.15, 0.2) is 192 Å². The van der Waals surface area contributed by atoms with Crippen LogP contribution in [-0.2, 0) is 0 Å².